The maximum atomic E-state index is 12.7. The quantitative estimate of drug-likeness (QED) is 0.613. The fourth-order valence-corrected chi connectivity index (χ4v) is 3.51. The molecule has 7 heteroatoms. The largest absolute Gasteiger partial charge is 0.350 e. The first-order valence-corrected chi connectivity index (χ1v) is 9.99. The first-order valence-electron chi connectivity index (χ1n) is 9.58. The van der Waals surface area contributed by atoms with E-state index in [1.165, 1.54) is 10.1 Å². The van der Waals surface area contributed by atoms with Gasteiger partial charge in [-0.3, -0.25) is 14.2 Å². The van der Waals surface area contributed by atoms with Crippen molar-refractivity contribution in [2.24, 2.45) is 7.05 Å². The van der Waals surface area contributed by atoms with Gasteiger partial charge in [-0.2, -0.15) is 0 Å². The highest BCUT2D eigenvalue weighted by Gasteiger charge is 2.16. The lowest BCUT2D eigenvalue weighted by Crippen LogP contribution is -2.34. The highest BCUT2D eigenvalue weighted by Crippen LogP contribution is 2.19. The van der Waals surface area contributed by atoms with Crippen LogP contribution in [0.4, 0.5) is 0 Å². The van der Waals surface area contributed by atoms with Crippen LogP contribution in [0, 0.1) is 4.77 Å². The van der Waals surface area contributed by atoms with Gasteiger partial charge in [-0.25, -0.2) is 0 Å². The monoisotopic (exact) mass is 410 g/mol. The Bertz CT molecular complexity index is 1150. The number of hydrogen-bond donors (Lipinski definition) is 2. The van der Waals surface area contributed by atoms with Gasteiger partial charge in [0.15, 0.2) is 4.77 Å². The molecule has 0 saturated carbocycles. The molecule has 1 aromatic heterocycles. The van der Waals surface area contributed by atoms with Gasteiger partial charge in [0.05, 0.1) is 16.9 Å². The molecule has 0 aliphatic rings. The second-order valence-corrected chi connectivity index (χ2v) is 7.73. The number of carbonyl (C=O) groups excluding carboxylic acids is 1. The van der Waals surface area contributed by atoms with Gasteiger partial charge in [-0.1, -0.05) is 31.2 Å². The third-order valence-corrected chi connectivity index (χ3v) is 5.59. The van der Waals surface area contributed by atoms with Gasteiger partial charge in [0.25, 0.3) is 11.5 Å². The summed E-state index contributed by atoms with van der Waals surface area (Å²) in [5.74, 6) is -0.191. The summed E-state index contributed by atoms with van der Waals surface area (Å²) in [5, 5.41) is 3.51. The number of nitrogens with zero attached hydrogens (tertiary/aromatic N) is 2. The van der Waals surface area contributed by atoms with Crippen LogP contribution in [0.3, 0.4) is 0 Å². The van der Waals surface area contributed by atoms with Crippen molar-refractivity contribution in [3.8, 4) is 0 Å². The van der Waals surface area contributed by atoms with Crippen LogP contribution in [-0.4, -0.2) is 41.0 Å². The van der Waals surface area contributed by atoms with Crippen molar-refractivity contribution in [3.05, 3.63) is 74.3 Å². The van der Waals surface area contributed by atoms with Crippen LogP contribution in [-0.2, 0) is 13.5 Å². The molecule has 0 fully saturated rings. The molecule has 0 aliphatic heterocycles. The summed E-state index contributed by atoms with van der Waals surface area (Å²) in [5.41, 5.74) is 3.30. The van der Waals surface area contributed by atoms with Crippen LogP contribution in [0.25, 0.3) is 10.9 Å². The van der Waals surface area contributed by atoms with E-state index < -0.39 is 0 Å². The average molecular weight is 411 g/mol. The third kappa shape index (κ3) is 4.46. The van der Waals surface area contributed by atoms with Crippen LogP contribution in [0.15, 0.2) is 47.3 Å². The molecule has 0 spiro atoms. The van der Waals surface area contributed by atoms with Crippen molar-refractivity contribution in [2.45, 2.75) is 19.4 Å². The second-order valence-electron chi connectivity index (χ2n) is 7.34. The summed E-state index contributed by atoms with van der Waals surface area (Å²) in [7, 11) is 5.61. The Morgan fingerprint density at radius 2 is 1.90 bits per heavy atom. The van der Waals surface area contributed by atoms with E-state index in [-0.39, 0.29) is 17.5 Å². The molecule has 0 saturated heterocycles. The number of carbonyl (C=O) groups is 1. The van der Waals surface area contributed by atoms with E-state index in [9.17, 15) is 9.59 Å². The van der Waals surface area contributed by atoms with Crippen molar-refractivity contribution in [3.63, 3.8) is 0 Å². The smallest absolute Gasteiger partial charge is 0.261 e. The molecule has 1 heterocycles. The Morgan fingerprint density at radius 1 is 1.21 bits per heavy atom. The zero-order valence-corrected chi connectivity index (χ0v) is 18.0. The molecule has 0 bridgehead atoms. The highest BCUT2D eigenvalue weighted by molar-refractivity contribution is 7.71. The number of nitrogens with one attached hydrogen (secondary N) is 2. The number of H-pyrrole nitrogens is 1. The zero-order chi connectivity index (χ0) is 21.1. The lowest BCUT2D eigenvalue weighted by Gasteiger charge is -2.25. The second kappa shape index (κ2) is 8.71. The predicted molar refractivity (Wildman–Crippen MR) is 119 cm³/mol. The van der Waals surface area contributed by atoms with Crippen LogP contribution in [0.2, 0.25) is 0 Å². The molecule has 1 amide bonds. The number of aryl methyl sites for hydroxylation is 1. The molecule has 1 unspecified atom stereocenters. The Kier molecular flexibility index (Phi) is 6.30. The van der Waals surface area contributed by atoms with Crippen LogP contribution < -0.4 is 10.9 Å². The topological polar surface area (TPSA) is 70.1 Å². The number of benzene rings is 2. The van der Waals surface area contributed by atoms with Crippen molar-refractivity contribution < 1.29 is 4.79 Å². The van der Waals surface area contributed by atoms with E-state index >= 15 is 0 Å². The van der Waals surface area contributed by atoms with Crippen LogP contribution in [0.1, 0.15) is 34.5 Å². The first-order chi connectivity index (χ1) is 13.8. The molecule has 2 N–H and O–H groups in total. The minimum absolute atomic E-state index is 0.0587. The molecular weight excluding hydrogens is 384 g/mol. The van der Waals surface area contributed by atoms with Gasteiger partial charge in [-0.15, -0.1) is 0 Å². The molecule has 152 valence electrons. The van der Waals surface area contributed by atoms with Gasteiger partial charge in [0.2, 0.25) is 0 Å². The summed E-state index contributed by atoms with van der Waals surface area (Å²) in [6.07, 6.45) is 0.998. The molecule has 1 atom stereocenters. The molecule has 29 heavy (non-hydrogen) atoms. The minimum Gasteiger partial charge on any atom is -0.350 e. The van der Waals surface area contributed by atoms with E-state index in [0.717, 1.165) is 12.0 Å². The maximum Gasteiger partial charge on any atom is 0.261 e. The number of hydrogen-bond acceptors (Lipinski definition) is 4. The fraction of sp³-hybridized carbons (Fsp3) is 0.318. The van der Waals surface area contributed by atoms with E-state index in [0.29, 0.717) is 27.8 Å². The molecule has 0 radical (unpaired) electrons. The Labute approximate surface area is 175 Å². The fourth-order valence-electron chi connectivity index (χ4n) is 3.31. The number of amides is 1. The Morgan fingerprint density at radius 3 is 2.52 bits per heavy atom. The van der Waals surface area contributed by atoms with Gasteiger partial charge in [0, 0.05) is 19.2 Å². The van der Waals surface area contributed by atoms with Gasteiger partial charge < -0.3 is 15.2 Å². The lowest BCUT2D eigenvalue weighted by molar-refractivity contribution is 0.0942. The summed E-state index contributed by atoms with van der Waals surface area (Å²) in [4.78, 5) is 30.1. The molecule has 6 nitrogen and oxygen atoms in total. The van der Waals surface area contributed by atoms with E-state index in [1.807, 2.05) is 14.1 Å². The SMILES string of the molecule is CCc1ccc(C(CNC(=O)c2ccc3c(=O)n(C)c(=S)[nH]c3c2)N(C)C)cc1. The zero-order valence-electron chi connectivity index (χ0n) is 17.2. The van der Waals surface area contributed by atoms with E-state index in [4.69, 9.17) is 12.2 Å². The van der Waals surface area contributed by atoms with Gasteiger partial charge in [0.1, 0.15) is 0 Å². The van der Waals surface area contributed by atoms with Crippen molar-refractivity contribution >= 4 is 29.0 Å². The van der Waals surface area contributed by atoms with Crippen molar-refractivity contribution in [1.82, 2.24) is 19.8 Å². The molecule has 2 aromatic carbocycles. The molecular formula is C22H26N4O2S. The summed E-state index contributed by atoms with van der Waals surface area (Å²) in [6, 6.07) is 13.5. The molecule has 0 aliphatic carbocycles. The lowest BCUT2D eigenvalue weighted by atomic mass is 10.0. The number of aromatic nitrogens is 2. The Hall–Kier alpha value is -2.77. The highest BCUT2D eigenvalue weighted by atomic mass is 32.1. The standard InChI is InChI=1S/C22H26N4O2S/c1-5-14-6-8-15(9-7-14)19(25(2)3)13-23-20(27)16-10-11-17-18(12-16)24-22(29)26(4)21(17)28/h6-12,19H,5,13H2,1-4H3,(H,23,27)(H,24,29). The van der Waals surface area contributed by atoms with Crippen molar-refractivity contribution in [1.29, 1.82) is 0 Å². The Balaban J connectivity index is 1.80. The van der Waals surface area contributed by atoms with E-state index in [1.54, 1.807) is 25.2 Å². The number of fused-ring (bicyclic) bond motifs is 1. The summed E-state index contributed by atoms with van der Waals surface area (Å²) >= 11 is 5.16. The van der Waals surface area contributed by atoms with Gasteiger partial charge >= 0.3 is 0 Å². The number of likely N-dealkylation sites (N-methyl/N-ethyl adjacent to an activating group) is 1. The first kappa shape index (κ1) is 21.0. The molecule has 3 aromatic rings. The average Bonchev–Trinajstić information content (AvgIpc) is 2.72. The third-order valence-electron chi connectivity index (χ3n) is 5.22. The van der Waals surface area contributed by atoms with Gasteiger partial charge in [-0.05, 0) is 62.1 Å². The van der Waals surface area contributed by atoms with Crippen LogP contribution >= 0.6 is 12.2 Å². The molecule has 3 rings (SSSR count). The summed E-state index contributed by atoms with van der Waals surface area (Å²) < 4.78 is 1.70. The van der Waals surface area contributed by atoms with E-state index in [2.05, 4.69) is 46.4 Å². The van der Waals surface area contributed by atoms with Crippen LogP contribution in [0.5, 0.6) is 0 Å². The predicted octanol–water partition coefficient (Wildman–Crippen LogP) is 3.19. The maximum absolute atomic E-state index is 12.7. The number of aromatic amines is 1. The van der Waals surface area contributed by atoms with Crippen molar-refractivity contribution in [2.75, 3.05) is 20.6 Å². The normalized spacial score (nSPS) is 12.3. The number of rotatable bonds is 6. The summed E-state index contributed by atoms with van der Waals surface area (Å²) in [6.45, 7) is 2.60. The minimum atomic E-state index is -0.191.